The van der Waals surface area contributed by atoms with Crippen molar-refractivity contribution in [1.29, 1.82) is 0 Å². The highest BCUT2D eigenvalue weighted by Crippen LogP contribution is 2.20. The molecule has 0 atom stereocenters. The molecule has 1 aromatic carbocycles. The minimum absolute atomic E-state index is 0.149. The van der Waals surface area contributed by atoms with E-state index < -0.39 is 0 Å². The molecule has 1 aromatic heterocycles. The van der Waals surface area contributed by atoms with Gasteiger partial charge in [-0.15, -0.1) is 0 Å². The average Bonchev–Trinajstić information content (AvgIpc) is 3.07. The van der Waals surface area contributed by atoms with Gasteiger partial charge in [0.2, 0.25) is 11.7 Å². The fraction of sp³-hybridized carbons (Fsp3) is 0.471. The summed E-state index contributed by atoms with van der Waals surface area (Å²) in [5.74, 6) is 1.88. The fourth-order valence-corrected chi connectivity index (χ4v) is 2.39. The Labute approximate surface area is 157 Å². The van der Waals surface area contributed by atoms with E-state index in [1.54, 1.807) is 7.05 Å². The lowest BCUT2D eigenvalue weighted by Crippen LogP contribution is -2.43. The predicted octanol–water partition coefficient (Wildman–Crippen LogP) is 3.24. The predicted molar refractivity (Wildman–Crippen MR) is 105 cm³/mol. The summed E-state index contributed by atoms with van der Waals surface area (Å²) in [5.41, 5.74) is 0.840. The summed E-state index contributed by atoms with van der Waals surface area (Å²) in [4.78, 5) is 8.63. The Morgan fingerprint density at radius 3 is 2.84 bits per heavy atom. The van der Waals surface area contributed by atoms with E-state index in [-0.39, 0.29) is 4.75 Å². The number of nitrogens with one attached hydrogen (secondary N) is 2. The lowest BCUT2D eigenvalue weighted by molar-refractivity contribution is 0.378. The Morgan fingerprint density at radius 1 is 1.36 bits per heavy atom. The van der Waals surface area contributed by atoms with Crippen LogP contribution < -0.4 is 10.6 Å². The number of aliphatic imine (C=N–C) groups is 1. The second-order valence-electron chi connectivity index (χ2n) is 6.09. The van der Waals surface area contributed by atoms with Gasteiger partial charge in [0, 0.05) is 41.9 Å². The fourth-order valence-electron chi connectivity index (χ4n) is 1.98. The highest BCUT2D eigenvalue weighted by atomic mass is 35.5. The number of thioether (sulfide) groups is 1. The molecule has 6 nitrogen and oxygen atoms in total. The summed E-state index contributed by atoms with van der Waals surface area (Å²) < 4.78 is 5.45. The molecule has 0 amide bonds. The van der Waals surface area contributed by atoms with Crippen molar-refractivity contribution in [3.05, 3.63) is 35.2 Å². The highest BCUT2D eigenvalue weighted by molar-refractivity contribution is 7.99. The Kier molecular flexibility index (Phi) is 7.13. The second kappa shape index (κ2) is 9.10. The molecule has 2 rings (SSSR count). The largest absolute Gasteiger partial charge is 0.356 e. The molecule has 2 aromatic rings. The normalized spacial score (nSPS) is 12.3. The smallest absolute Gasteiger partial charge is 0.228 e. The van der Waals surface area contributed by atoms with Crippen LogP contribution in [0.3, 0.4) is 0 Å². The van der Waals surface area contributed by atoms with Crippen LogP contribution in [0.1, 0.15) is 19.7 Å². The standard InChI is InChI=1S/C17H24ClN5OS/c1-17(2,25-4)11-21-16(19-3)20-9-8-14-22-15(23-24-14)12-6-5-7-13(18)10-12/h5-7,10H,8-9,11H2,1-4H3,(H2,19,20,21). The molecular weight excluding hydrogens is 358 g/mol. The van der Waals surface area contributed by atoms with Crippen LogP contribution in [-0.4, -0.2) is 47.2 Å². The van der Waals surface area contributed by atoms with Gasteiger partial charge in [-0.25, -0.2) is 0 Å². The third kappa shape index (κ3) is 6.25. The first-order valence-corrected chi connectivity index (χ1v) is 9.62. The van der Waals surface area contributed by atoms with E-state index in [4.69, 9.17) is 16.1 Å². The van der Waals surface area contributed by atoms with Crippen LogP contribution in [0.2, 0.25) is 5.02 Å². The van der Waals surface area contributed by atoms with Gasteiger partial charge in [-0.1, -0.05) is 28.9 Å². The van der Waals surface area contributed by atoms with Crippen molar-refractivity contribution < 1.29 is 4.52 Å². The Balaban J connectivity index is 1.83. The van der Waals surface area contributed by atoms with Crippen molar-refractivity contribution in [3.63, 3.8) is 0 Å². The SMILES string of the molecule is CN=C(NCCc1nc(-c2cccc(Cl)c2)no1)NCC(C)(C)SC. The van der Waals surface area contributed by atoms with Crippen LogP contribution in [0.15, 0.2) is 33.8 Å². The minimum atomic E-state index is 0.149. The number of hydrogen-bond acceptors (Lipinski definition) is 5. The Morgan fingerprint density at radius 2 is 2.16 bits per heavy atom. The first-order chi connectivity index (χ1) is 11.9. The van der Waals surface area contributed by atoms with Gasteiger partial charge in [0.1, 0.15) is 0 Å². The Bertz CT molecular complexity index is 717. The van der Waals surface area contributed by atoms with Crippen molar-refractivity contribution in [2.75, 3.05) is 26.4 Å². The van der Waals surface area contributed by atoms with Crippen molar-refractivity contribution in [3.8, 4) is 11.4 Å². The van der Waals surface area contributed by atoms with Crippen LogP contribution >= 0.6 is 23.4 Å². The molecule has 0 unspecified atom stereocenters. The number of guanidine groups is 1. The average molecular weight is 382 g/mol. The van der Waals surface area contributed by atoms with Gasteiger partial charge in [-0.05, 0) is 32.2 Å². The van der Waals surface area contributed by atoms with Crippen LogP contribution in [0.25, 0.3) is 11.4 Å². The quantitative estimate of drug-likeness (QED) is 0.566. The van der Waals surface area contributed by atoms with Gasteiger partial charge in [0.05, 0.1) is 0 Å². The molecule has 1 heterocycles. The van der Waals surface area contributed by atoms with Crippen molar-refractivity contribution in [1.82, 2.24) is 20.8 Å². The number of benzene rings is 1. The summed E-state index contributed by atoms with van der Waals surface area (Å²) in [7, 11) is 1.76. The molecule has 0 saturated carbocycles. The van der Waals surface area contributed by atoms with Crippen LogP contribution in [-0.2, 0) is 6.42 Å². The summed E-state index contributed by atoms with van der Waals surface area (Å²) in [6, 6.07) is 7.39. The van der Waals surface area contributed by atoms with E-state index in [0.29, 0.717) is 29.7 Å². The molecule has 136 valence electrons. The number of nitrogens with zero attached hydrogens (tertiary/aromatic N) is 3. The van der Waals surface area contributed by atoms with Crippen molar-refractivity contribution >= 4 is 29.3 Å². The van der Waals surface area contributed by atoms with Crippen LogP contribution in [0.5, 0.6) is 0 Å². The van der Waals surface area contributed by atoms with Crippen LogP contribution in [0.4, 0.5) is 0 Å². The third-order valence-electron chi connectivity index (χ3n) is 3.64. The van der Waals surface area contributed by atoms with E-state index in [1.807, 2.05) is 36.0 Å². The summed E-state index contributed by atoms with van der Waals surface area (Å²) in [5, 5.41) is 11.2. The molecule has 0 aliphatic rings. The molecule has 0 saturated heterocycles. The number of halogens is 1. The van der Waals surface area contributed by atoms with Gasteiger partial charge in [-0.2, -0.15) is 16.7 Å². The first-order valence-electron chi connectivity index (χ1n) is 8.02. The van der Waals surface area contributed by atoms with E-state index in [2.05, 4.69) is 45.9 Å². The maximum atomic E-state index is 5.99. The molecule has 0 bridgehead atoms. The number of rotatable bonds is 7. The van der Waals surface area contributed by atoms with Crippen molar-refractivity contribution in [2.45, 2.75) is 25.0 Å². The lowest BCUT2D eigenvalue weighted by atomic mass is 10.2. The molecule has 0 aliphatic carbocycles. The topological polar surface area (TPSA) is 75.3 Å². The number of hydrogen-bond donors (Lipinski definition) is 2. The zero-order valence-electron chi connectivity index (χ0n) is 15.0. The summed E-state index contributed by atoms with van der Waals surface area (Å²) >= 11 is 7.80. The van der Waals surface area contributed by atoms with Gasteiger partial charge in [-0.3, -0.25) is 4.99 Å². The highest BCUT2D eigenvalue weighted by Gasteiger charge is 2.16. The van der Waals surface area contributed by atoms with Gasteiger partial charge >= 0.3 is 0 Å². The zero-order valence-corrected chi connectivity index (χ0v) is 16.5. The van der Waals surface area contributed by atoms with Crippen LogP contribution in [0, 0.1) is 0 Å². The first kappa shape index (κ1) is 19.6. The molecule has 2 N–H and O–H groups in total. The maximum Gasteiger partial charge on any atom is 0.228 e. The number of aromatic nitrogens is 2. The van der Waals surface area contributed by atoms with E-state index in [1.165, 1.54) is 0 Å². The maximum absolute atomic E-state index is 5.99. The van der Waals surface area contributed by atoms with E-state index in [9.17, 15) is 0 Å². The van der Waals surface area contributed by atoms with Gasteiger partial charge < -0.3 is 15.2 Å². The van der Waals surface area contributed by atoms with Crippen molar-refractivity contribution in [2.24, 2.45) is 4.99 Å². The minimum Gasteiger partial charge on any atom is -0.356 e. The molecule has 8 heteroatoms. The molecule has 0 aliphatic heterocycles. The zero-order chi connectivity index (χ0) is 18.3. The van der Waals surface area contributed by atoms with E-state index >= 15 is 0 Å². The molecule has 0 fully saturated rings. The lowest BCUT2D eigenvalue weighted by Gasteiger charge is -2.23. The van der Waals surface area contributed by atoms with E-state index in [0.717, 1.165) is 18.1 Å². The summed E-state index contributed by atoms with van der Waals surface area (Å²) in [6.45, 7) is 5.85. The molecular formula is C17H24ClN5OS. The van der Waals surface area contributed by atoms with Gasteiger partial charge in [0.15, 0.2) is 5.96 Å². The summed E-state index contributed by atoms with van der Waals surface area (Å²) in [6.07, 6.45) is 2.71. The molecule has 0 radical (unpaired) electrons. The molecule has 25 heavy (non-hydrogen) atoms. The second-order valence-corrected chi connectivity index (χ2v) is 8.04. The molecule has 0 spiro atoms. The van der Waals surface area contributed by atoms with Gasteiger partial charge in [0.25, 0.3) is 0 Å². The Hall–Kier alpha value is -1.73. The third-order valence-corrected chi connectivity index (χ3v) is 5.12. The monoisotopic (exact) mass is 381 g/mol.